The number of rotatable bonds is 5. The van der Waals surface area contributed by atoms with Gasteiger partial charge in [0.15, 0.2) is 0 Å². The van der Waals surface area contributed by atoms with Gasteiger partial charge in [-0.3, -0.25) is 5.43 Å². The van der Waals surface area contributed by atoms with E-state index in [1.54, 1.807) is 0 Å². The summed E-state index contributed by atoms with van der Waals surface area (Å²) in [5.41, 5.74) is 12.9. The number of hydrazone groups is 1. The largest absolute Gasteiger partial charge is 0.277 e. The van der Waals surface area contributed by atoms with E-state index < -0.39 is 0 Å². The fourth-order valence-electron chi connectivity index (χ4n) is 4.42. The number of hydrazine groups is 1. The van der Waals surface area contributed by atoms with Crippen LogP contribution in [0.2, 0.25) is 5.02 Å². The van der Waals surface area contributed by atoms with Gasteiger partial charge in [-0.05, 0) is 58.2 Å². The Morgan fingerprint density at radius 3 is 1.78 bits per heavy atom. The summed E-state index contributed by atoms with van der Waals surface area (Å²) in [6.07, 6.45) is 2.10. The van der Waals surface area contributed by atoms with E-state index in [-0.39, 0.29) is 0 Å². The zero-order valence-corrected chi connectivity index (χ0v) is 20.8. The molecule has 1 aliphatic heterocycles. The first-order valence-corrected chi connectivity index (χ1v) is 12.6. The monoisotopic (exact) mass is 497 g/mol. The first-order chi connectivity index (χ1) is 18.2. The van der Waals surface area contributed by atoms with Crippen LogP contribution in [0.5, 0.6) is 0 Å². The Bertz CT molecular complexity index is 1590. The number of halogens is 1. The molecule has 6 rings (SSSR count). The maximum absolute atomic E-state index is 6.21. The van der Waals surface area contributed by atoms with E-state index in [4.69, 9.17) is 16.7 Å². The summed E-state index contributed by atoms with van der Waals surface area (Å²) in [6, 6.07) is 45.5. The lowest BCUT2D eigenvalue weighted by atomic mass is 10.0. The van der Waals surface area contributed by atoms with E-state index in [0.717, 1.165) is 49.9 Å². The van der Waals surface area contributed by atoms with E-state index in [1.807, 2.05) is 47.6 Å². The molecule has 1 N–H and O–H groups in total. The molecule has 0 fully saturated rings. The molecule has 0 radical (unpaired) electrons. The highest BCUT2D eigenvalue weighted by molar-refractivity contribution is 6.30. The van der Waals surface area contributed by atoms with Crippen LogP contribution in [0.1, 0.15) is 11.1 Å². The molecule has 0 bridgehead atoms. The average molecular weight is 498 g/mol. The van der Waals surface area contributed by atoms with Crippen LogP contribution in [0.4, 0.5) is 5.69 Å². The van der Waals surface area contributed by atoms with Gasteiger partial charge >= 0.3 is 0 Å². The molecule has 0 amide bonds. The van der Waals surface area contributed by atoms with Gasteiger partial charge in [-0.25, -0.2) is 0 Å². The summed E-state index contributed by atoms with van der Waals surface area (Å²) in [7, 11) is 0. The van der Waals surface area contributed by atoms with Gasteiger partial charge in [0.1, 0.15) is 0 Å². The fourth-order valence-corrected chi connectivity index (χ4v) is 4.61. The maximum Gasteiger partial charge on any atom is 0.0949 e. The minimum absolute atomic E-state index is 0.730. The van der Waals surface area contributed by atoms with E-state index >= 15 is 0 Å². The van der Waals surface area contributed by atoms with Gasteiger partial charge in [-0.1, -0.05) is 121 Å². The lowest BCUT2D eigenvalue weighted by Crippen LogP contribution is -2.36. The van der Waals surface area contributed by atoms with Gasteiger partial charge in [0.25, 0.3) is 0 Å². The van der Waals surface area contributed by atoms with Gasteiger partial charge in [0, 0.05) is 10.6 Å². The number of hydrogen-bond donors (Lipinski definition) is 1. The lowest BCUT2D eigenvalue weighted by molar-refractivity contribution is 0.787. The molecule has 4 heteroatoms. The van der Waals surface area contributed by atoms with Crippen LogP contribution < -0.4 is 10.5 Å². The molecular formula is C33H24ClN3. The highest BCUT2D eigenvalue weighted by atomic mass is 35.5. The van der Waals surface area contributed by atoms with Gasteiger partial charge < -0.3 is 0 Å². The Morgan fingerprint density at radius 2 is 1.08 bits per heavy atom. The Kier molecular flexibility index (Phi) is 6.28. The second kappa shape index (κ2) is 10.2. The van der Waals surface area contributed by atoms with Gasteiger partial charge in [0.2, 0.25) is 0 Å². The number of benzene rings is 5. The standard InChI is InChI=1S/C33H24ClN3/c34-30-15-7-13-28(21-30)25-17-19-27(20-18-25)33-23-32(26-11-5-2-6-12-26)35-37(36-33)31-16-8-14-29(22-31)24-9-3-1-4-10-24/h1-23,35H. The number of anilines is 1. The summed E-state index contributed by atoms with van der Waals surface area (Å²) in [4.78, 5) is 0. The first-order valence-electron chi connectivity index (χ1n) is 12.2. The van der Waals surface area contributed by atoms with Crippen molar-refractivity contribution in [2.45, 2.75) is 0 Å². The molecule has 0 aromatic heterocycles. The van der Waals surface area contributed by atoms with E-state index in [0.29, 0.717) is 0 Å². The van der Waals surface area contributed by atoms with Gasteiger partial charge in [-0.2, -0.15) is 10.2 Å². The molecule has 5 aromatic rings. The summed E-state index contributed by atoms with van der Waals surface area (Å²) in [5.74, 6) is 0. The van der Waals surface area contributed by atoms with Crippen molar-refractivity contribution >= 4 is 28.7 Å². The fraction of sp³-hybridized carbons (Fsp3) is 0. The first kappa shape index (κ1) is 22.8. The van der Waals surface area contributed by atoms with Crippen LogP contribution in [-0.2, 0) is 0 Å². The molecule has 0 spiro atoms. The lowest BCUT2D eigenvalue weighted by Gasteiger charge is -2.28. The van der Waals surface area contributed by atoms with E-state index in [9.17, 15) is 0 Å². The molecule has 5 aromatic carbocycles. The third-order valence-corrected chi connectivity index (χ3v) is 6.57. The van der Waals surface area contributed by atoms with Crippen LogP contribution in [0.25, 0.3) is 28.0 Å². The van der Waals surface area contributed by atoms with Crippen molar-refractivity contribution in [3.63, 3.8) is 0 Å². The number of hydrogen-bond acceptors (Lipinski definition) is 3. The van der Waals surface area contributed by atoms with Crippen molar-refractivity contribution < 1.29 is 0 Å². The number of allylic oxidation sites excluding steroid dienone is 1. The summed E-state index contributed by atoms with van der Waals surface area (Å²) in [5, 5.41) is 7.58. The van der Waals surface area contributed by atoms with Gasteiger partial charge in [-0.15, -0.1) is 0 Å². The van der Waals surface area contributed by atoms with E-state index in [2.05, 4.69) is 102 Å². The molecule has 0 unspecified atom stereocenters. The highest BCUT2D eigenvalue weighted by Gasteiger charge is 2.18. The van der Waals surface area contributed by atoms with Crippen molar-refractivity contribution in [1.82, 2.24) is 5.43 Å². The molecule has 1 aliphatic rings. The Labute approximate surface area is 222 Å². The summed E-state index contributed by atoms with van der Waals surface area (Å²) < 4.78 is 0. The molecular weight excluding hydrogens is 474 g/mol. The molecule has 37 heavy (non-hydrogen) atoms. The maximum atomic E-state index is 6.21. The quantitative estimate of drug-likeness (QED) is 0.264. The second-order valence-electron chi connectivity index (χ2n) is 8.84. The Morgan fingerprint density at radius 1 is 0.514 bits per heavy atom. The predicted octanol–water partition coefficient (Wildman–Crippen LogP) is 8.44. The average Bonchev–Trinajstić information content (AvgIpc) is 2.98. The smallest absolute Gasteiger partial charge is 0.0949 e. The van der Waals surface area contributed by atoms with Crippen molar-refractivity contribution in [2.24, 2.45) is 5.10 Å². The third kappa shape index (κ3) is 5.04. The molecule has 3 nitrogen and oxygen atoms in total. The van der Waals surface area contributed by atoms with Crippen LogP contribution in [-0.4, -0.2) is 5.71 Å². The number of nitrogens with one attached hydrogen (secondary N) is 1. The normalized spacial score (nSPS) is 12.9. The molecule has 0 aliphatic carbocycles. The second-order valence-corrected chi connectivity index (χ2v) is 9.27. The molecule has 0 saturated carbocycles. The van der Waals surface area contributed by atoms with Crippen molar-refractivity contribution in [3.8, 4) is 22.3 Å². The third-order valence-electron chi connectivity index (χ3n) is 6.34. The Hall–Kier alpha value is -4.60. The molecule has 178 valence electrons. The zero-order valence-electron chi connectivity index (χ0n) is 20.1. The zero-order chi connectivity index (χ0) is 25.0. The summed E-state index contributed by atoms with van der Waals surface area (Å²) >= 11 is 6.21. The SMILES string of the molecule is Clc1cccc(-c2ccc(C3=NN(c4cccc(-c5ccccc5)c4)NC(c4ccccc4)=C3)cc2)c1. The van der Waals surface area contributed by atoms with Crippen molar-refractivity contribution in [3.05, 3.63) is 156 Å². The minimum atomic E-state index is 0.730. The summed E-state index contributed by atoms with van der Waals surface area (Å²) in [6.45, 7) is 0. The number of nitrogens with zero attached hydrogens (tertiary/aromatic N) is 2. The van der Waals surface area contributed by atoms with Gasteiger partial charge in [0.05, 0.1) is 17.1 Å². The van der Waals surface area contributed by atoms with E-state index in [1.165, 1.54) is 5.56 Å². The van der Waals surface area contributed by atoms with Crippen LogP contribution in [0.15, 0.2) is 145 Å². The van der Waals surface area contributed by atoms with Crippen LogP contribution in [0.3, 0.4) is 0 Å². The van der Waals surface area contributed by atoms with Crippen LogP contribution in [0, 0.1) is 0 Å². The minimum Gasteiger partial charge on any atom is -0.277 e. The topological polar surface area (TPSA) is 27.6 Å². The molecule has 0 atom stereocenters. The van der Waals surface area contributed by atoms with Crippen LogP contribution >= 0.6 is 11.6 Å². The predicted molar refractivity (Wildman–Crippen MR) is 155 cm³/mol. The van der Waals surface area contributed by atoms with Crippen molar-refractivity contribution in [2.75, 3.05) is 5.12 Å². The van der Waals surface area contributed by atoms with Crippen molar-refractivity contribution in [1.29, 1.82) is 0 Å². The molecule has 1 heterocycles. The molecule has 0 saturated heterocycles. The Balaban J connectivity index is 1.39. The highest BCUT2D eigenvalue weighted by Crippen LogP contribution is 2.28.